The van der Waals surface area contributed by atoms with Gasteiger partial charge in [-0.1, -0.05) is 35.0 Å². The molecule has 7 nitrogen and oxygen atoms in total. The third-order valence-electron chi connectivity index (χ3n) is 4.48. The Kier molecular flexibility index (Phi) is 4.05. The summed E-state index contributed by atoms with van der Waals surface area (Å²) in [6.07, 6.45) is 2.88. The Bertz CT molecular complexity index is 818. The summed E-state index contributed by atoms with van der Waals surface area (Å²) < 4.78 is 0. The molecule has 1 atom stereocenters. The predicted molar refractivity (Wildman–Crippen MR) is 93.7 cm³/mol. The van der Waals surface area contributed by atoms with E-state index in [2.05, 4.69) is 39.7 Å². The molecule has 0 saturated heterocycles. The van der Waals surface area contributed by atoms with E-state index in [0.717, 1.165) is 29.1 Å². The molecule has 1 N–H and O–H groups in total. The van der Waals surface area contributed by atoms with Gasteiger partial charge in [0.2, 0.25) is 0 Å². The van der Waals surface area contributed by atoms with Crippen LogP contribution >= 0.6 is 0 Å². The molecule has 2 aliphatic rings. The molecule has 7 heteroatoms. The van der Waals surface area contributed by atoms with Gasteiger partial charge in [-0.05, 0) is 18.6 Å². The molecular formula is C18H19N5O2. The number of benzene rings is 1. The first-order valence-electron chi connectivity index (χ1n) is 8.36. The lowest BCUT2D eigenvalue weighted by molar-refractivity contribution is 0.0868. The molecule has 0 bridgehead atoms. The van der Waals surface area contributed by atoms with Crippen molar-refractivity contribution in [3.05, 3.63) is 53.3 Å². The van der Waals surface area contributed by atoms with Crippen molar-refractivity contribution in [1.29, 1.82) is 0 Å². The van der Waals surface area contributed by atoms with Crippen molar-refractivity contribution >= 4 is 17.4 Å². The Morgan fingerprint density at radius 3 is 3.00 bits per heavy atom. The van der Waals surface area contributed by atoms with Crippen LogP contribution in [0, 0.1) is 6.92 Å². The highest BCUT2D eigenvalue weighted by atomic mass is 16.6. The Morgan fingerprint density at radius 2 is 2.16 bits per heavy atom. The Morgan fingerprint density at radius 1 is 1.32 bits per heavy atom. The maximum Gasteiger partial charge on any atom is 0.322 e. The highest BCUT2D eigenvalue weighted by Crippen LogP contribution is 2.24. The lowest BCUT2D eigenvalue weighted by Gasteiger charge is -2.18. The molecule has 3 heterocycles. The van der Waals surface area contributed by atoms with E-state index in [1.54, 1.807) is 11.1 Å². The lowest BCUT2D eigenvalue weighted by atomic mass is 10.0. The third-order valence-corrected chi connectivity index (χ3v) is 4.48. The first-order valence-corrected chi connectivity index (χ1v) is 8.36. The van der Waals surface area contributed by atoms with Crippen LogP contribution in [0.15, 0.2) is 41.7 Å². The number of anilines is 1. The summed E-state index contributed by atoms with van der Waals surface area (Å²) in [5, 5.41) is 15.0. The second kappa shape index (κ2) is 6.51. The van der Waals surface area contributed by atoms with E-state index in [9.17, 15) is 4.79 Å². The summed E-state index contributed by atoms with van der Waals surface area (Å²) in [7, 11) is 0. The average Bonchev–Trinajstić information content (AvgIpc) is 3.27. The van der Waals surface area contributed by atoms with E-state index >= 15 is 0 Å². The maximum absolute atomic E-state index is 12.4. The van der Waals surface area contributed by atoms with Gasteiger partial charge in [-0.15, -0.1) is 0 Å². The molecule has 0 fully saturated rings. The maximum atomic E-state index is 12.4. The summed E-state index contributed by atoms with van der Waals surface area (Å²) in [5.41, 5.74) is 4.88. The molecule has 25 heavy (non-hydrogen) atoms. The molecule has 1 unspecified atom stereocenters. The van der Waals surface area contributed by atoms with Crippen molar-refractivity contribution in [2.75, 3.05) is 18.0 Å². The minimum Gasteiger partial charge on any atom is -0.390 e. The Hall–Kier alpha value is -2.96. The Labute approximate surface area is 145 Å². The second-order valence-corrected chi connectivity index (χ2v) is 6.29. The van der Waals surface area contributed by atoms with Gasteiger partial charge in [-0.3, -0.25) is 4.90 Å². The van der Waals surface area contributed by atoms with Crippen LogP contribution in [0.1, 0.15) is 23.2 Å². The SMILES string of the molecule is Cc1ccc(C2=NOC(CNC(=O)N3CCc4nnccc43)C2)cc1. The van der Waals surface area contributed by atoms with Crippen LogP contribution in [0.25, 0.3) is 0 Å². The highest BCUT2D eigenvalue weighted by Gasteiger charge is 2.28. The van der Waals surface area contributed by atoms with Crippen molar-refractivity contribution in [2.24, 2.45) is 5.16 Å². The first-order chi connectivity index (χ1) is 12.2. The van der Waals surface area contributed by atoms with Crippen LogP contribution in [-0.4, -0.2) is 41.1 Å². The molecule has 2 aliphatic heterocycles. The molecule has 2 aromatic rings. The fraction of sp³-hybridized carbons (Fsp3) is 0.333. The number of aryl methyl sites for hydroxylation is 1. The number of nitrogens with one attached hydrogen (secondary N) is 1. The molecule has 0 aliphatic carbocycles. The topological polar surface area (TPSA) is 79.7 Å². The van der Waals surface area contributed by atoms with Gasteiger partial charge in [0.15, 0.2) is 6.10 Å². The van der Waals surface area contributed by atoms with Gasteiger partial charge in [0, 0.05) is 19.4 Å². The number of hydrogen-bond acceptors (Lipinski definition) is 5. The molecule has 1 aromatic carbocycles. The van der Waals surface area contributed by atoms with Crippen LogP contribution in [0.4, 0.5) is 10.5 Å². The normalized spacial score (nSPS) is 18.5. The van der Waals surface area contributed by atoms with Crippen LogP contribution in [-0.2, 0) is 11.3 Å². The molecular weight excluding hydrogens is 318 g/mol. The predicted octanol–water partition coefficient (Wildman–Crippen LogP) is 2.05. The zero-order chi connectivity index (χ0) is 17.2. The molecule has 128 valence electrons. The monoisotopic (exact) mass is 337 g/mol. The van der Waals surface area contributed by atoms with Gasteiger partial charge >= 0.3 is 6.03 Å². The van der Waals surface area contributed by atoms with E-state index in [4.69, 9.17) is 4.84 Å². The van der Waals surface area contributed by atoms with Crippen LogP contribution < -0.4 is 10.2 Å². The van der Waals surface area contributed by atoms with Gasteiger partial charge < -0.3 is 10.2 Å². The summed E-state index contributed by atoms with van der Waals surface area (Å²) in [4.78, 5) is 19.6. The number of oxime groups is 1. The minimum absolute atomic E-state index is 0.140. The molecule has 1 aromatic heterocycles. The highest BCUT2D eigenvalue weighted by molar-refractivity contribution is 6.01. The number of amides is 2. The number of fused-ring (bicyclic) bond motifs is 1. The Balaban J connectivity index is 1.31. The van der Waals surface area contributed by atoms with Crippen molar-refractivity contribution in [3.63, 3.8) is 0 Å². The number of nitrogens with zero attached hydrogens (tertiary/aromatic N) is 4. The summed E-state index contributed by atoms with van der Waals surface area (Å²) in [5.74, 6) is 0. The van der Waals surface area contributed by atoms with Crippen LogP contribution in [0.5, 0.6) is 0 Å². The van der Waals surface area contributed by atoms with Gasteiger partial charge in [-0.2, -0.15) is 10.2 Å². The van der Waals surface area contributed by atoms with Gasteiger partial charge in [0.05, 0.1) is 29.8 Å². The van der Waals surface area contributed by atoms with E-state index in [-0.39, 0.29) is 12.1 Å². The number of rotatable bonds is 3. The fourth-order valence-electron chi connectivity index (χ4n) is 3.08. The quantitative estimate of drug-likeness (QED) is 0.929. The van der Waals surface area contributed by atoms with Crippen molar-refractivity contribution in [2.45, 2.75) is 25.9 Å². The number of urea groups is 1. The van der Waals surface area contributed by atoms with Gasteiger partial charge in [0.25, 0.3) is 0 Å². The molecule has 2 amide bonds. The van der Waals surface area contributed by atoms with Crippen molar-refractivity contribution < 1.29 is 9.63 Å². The molecule has 4 rings (SSSR count). The lowest BCUT2D eigenvalue weighted by Crippen LogP contribution is -2.42. The van der Waals surface area contributed by atoms with E-state index in [1.807, 2.05) is 18.2 Å². The molecule has 0 saturated carbocycles. The molecule has 0 spiro atoms. The summed E-state index contributed by atoms with van der Waals surface area (Å²) in [6.45, 7) is 3.09. The minimum atomic E-state index is -0.141. The van der Waals surface area contributed by atoms with E-state index in [0.29, 0.717) is 19.5 Å². The number of carbonyl (C=O) groups is 1. The summed E-state index contributed by atoms with van der Waals surface area (Å²) >= 11 is 0. The van der Waals surface area contributed by atoms with E-state index < -0.39 is 0 Å². The average molecular weight is 337 g/mol. The zero-order valence-corrected chi connectivity index (χ0v) is 14.0. The number of aromatic nitrogens is 2. The number of carbonyl (C=O) groups excluding carboxylic acids is 1. The van der Waals surface area contributed by atoms with E-state index in [1.165, 1.54) is 5.56 Å². The van der Waals surface area contributed by atoms with Gasteiger partial charge in [0.1, 0.15) is 0 Å². The molecule has 0 radical (unpaired) electrons. The first kappa shape index (κ1) is 15.6. The second-order valence-electron chi connectivity index (χ2n) is 6.29. The zero-order valence-electron chi connectivity index (χ0n) is 14.0. The standard InChI is InChI=1S/C18H19N5O2/c1-12-2-4-13(5-3-12)16-10-14(25-22-16)11-19-18(24)23-9-7-15-17(23)6-8-20-21-15/h2-6,8,14H,7,9-11H2,1H3,(H,19,24). The van der Waals surface area contributed by atoms with Crippen LogP contribution in [0.3, 0.4) is 0 Å². The van der Waals surface area contributed by atoms with Gasteiger partial charge in [-0.25, -0.2) is 4.79 Å². The van der Waals surface area contributed by atoms with Crippen LogP contribution in [0.2, 0.25) is 0 Å². The smallest absolute Gasteiger partial charge is 0.322 e. The largest absolute Gasteiger partial charge is 0.390 e. The fourth-order valence-corrected chi connectivity index (χ4v) is 3.08. The summed E-state index contributed by atoms with van der Waals surface area (Å²) in [6, 6.07) is 9.88. The van der Waals surface area contributed by atoms with Crippen molar-refractivity contribution in [1.82, 2.24) is 15.5 Å². The number of hydrogen-bond donors (Lipinski definition) is 1. The third kappa shape index (κ3) is 3.17. The van der Waals surface area contributed by atoms with Crippen molar-refractivity contribution in [3.8, 4) is 0 Å².